The number of benzene rings is 2. The van der Waals surface area contributed by atoms with Gasteiger partial charge in [0.25, 0.3) is 0 Å². The molecule has 0 aromatic heterocycles. The zero-order valence-corrected chi connectivity index (χ0v) is 26.8. The molecular formula is C34H59NO2. The van der Waals surface area contributed by atoms with E-state index in [1.165, 1.54) is 39.2 Å². The molecule has 0 radical (unpaired) electrons. The SMILES string of the molecule is CC.CC.CC(C)=C(C)N(c1c(C)cc(C)cc1C)C(C)C.CC(C)Cc1ccccc1/C=C/O.CO. The number of hydrogen-bond donors (Lipinski definition) is 2. The fraction of sp³-hybridized carbons (Fsp3) is 0.529. The Morgan fingerprint density at radius 3 is 1.68 bits per heavy atom. The Balaban J connectivity index is -0.000000535. The zero-order chi connectivity index (χ0) is 29.7. The van der Waals surface area contributed by atoms with E-state index in [1.54, 1.807) is 6.08 Å². The lowest BCUT2D eigenvalue weighted by molar-refractivity contribution is 0.399. The summed E-state index contributed by atoms with van der Waals surface area (Å²) < 4.78 is 0. The average molecular weight is 514 g/mol. The second kappa shape index (κ2) is 22.7. The van der Waals surface area contributed by atoms with Crippen LogP contribution in [0.25, 0.3) is 6.08 Å². The molecule has 0 saturated heterocycles. The molecule has 0 heterocycles. The predicted molar refractivity (Wildman–Crippen MR) is 170 cm³/mol. The van der Waals surface area contributed by atoms with Gasteiger partial charge in [-0.1, -0.05) is 89.1 Å². The third-order valence-corrected chi connectivity index (χ3v) is 5.42. The lowest BCUT2D eigenvalue weighted by Gasteiger charge is -2.34. The molecule has 0 aliphatic carbocycles. The molecule has 2 aromatic rings. The molecule has 0 aliphatic rings. The summed E-state index contributed by atoms with van der Waals surface area (Å²) in [6, 6.07) is 13.2. The molecule has 0 amide bonds. The van der Waals surface area contributed by atoms with Gasteiger partial charge in [0.15, 0.2) is 0 Å². The van der Waals surface area contributed by atoms with Crippen LogP contribution in [0.3, 0.4) is 0 Å². The minimum atomic E-state index is 0.472. The maximum atomic E-state index is 8.70. The average Bonchev–Trinajstić information content (AvgIpc) is 2.86. The second-order valence-electron chi connectivity index (χ2n) is 9.41. The van der Waals surface area contributed by atoms with Gasteiger partial charge < -0.3 is 15.1 Å². The largest absolute Gasteiger partial charge is 0.516 e. The van der Waals surface area contributed by atoms with Crippen LogP contribution in [-0.4, -0.2) is 23.4 Å². The Kier molecular flexibility index (Phi) is 23.9. The van der Waals surface area contributed by atoms with Crippen molar-refractivity contribution in [3.05, 3.63) is 81.7 Å². The molecule has 0 spiro atoms. The number of anilines is 1. The molecule has 0 fully saturated rings. The molecule has 2 N–H and O–H groups in total. The van der Waals surface area contributed by atoms with Crippen molar-refractivity contribution in [1.82, 2.24) is 0 Å². The van der Waals surface area contributed by atoms with Crippen LogP contribution in [0.1, 0.15) is 104 Å². The lowest BCUT2D eigenvalue weighted by atomic mass is 9.98. The summed E-state index contributed by atoms with van der Waals surface area (Å²) in [5, 5.41) is 15.7. The van der Waals surface area contributed by atoms with Crippen LogP contribution in [-0.2, 0) is 6.42 Å². The normalized spacial score (nSPS) is 9.68. The van der Waals surface area contributed by atoms with Gasteiger partial charge in [0, 0.05) is 24.5 Å². The summed E-state index contributed by atoms with van der Waals surface area (Å²) >= 11 is 0. The minimum Gasteiger partial charge on any atom is -0.516 e. The highest BCUT2D eigenvalue weighted by Gasteiger charge is 2.17. The summed E-state index contributed by atoms with van der Waals surface area (Å²) in [6.45, 7) is 30.1. The van der Waals surface area contributed by atoms with Crippen LogP contribution in [0.15, 0.2) is 53.9 Å². The first-order valence-electron chi connectivity index (χ1n) is 13.8. The molecule has 2 rings (SSSR count). The van der Waals surface area contributed by atoms with E-state index in [0.29, 0.717) is 12.0 Å². The summed E-state index contributed by atoms with van der Waals surface area (Å²) in [6.07, 6.45) is 3.89. The van der Waals surface area contributed by atoms with Gasteiger partial charge in [0.05, 0.1) is 6.26 Å². The molecule has 0 bridgehead atoms. The van der Waals surface area contributed by atoms with Crippen molar-refractivity contribution in [3.8, 4) is 0 Å². The minimum absolute atomic E-state index is 0.472. The number of aryl methyl sites for hydroxylation is 3. The van der Waals surface area contributed by atoms with E-state index in [0.717, 1.165) is 25.4 Å². The standard InChI is InChI=1S/C17H27N.C12H16O.2C2H6.CH4O/c1-11(2)16(8)18(12(3)4)17-14(6)9-13(5)10-15(17)7;1-10(2)9-12-6-4-3-5-11(12)7-8-13;3*1-2/h9-10,12H,1-8H3;3-8,10,13H,9H2,1-2H3;2*1-2H3;2H,1H3/b;8-7+;;;. The Morgan fingerprint density at radius 1 is 0.838 bits per heavy atom. The Morgan fingerprint density at radius 2 is 1.30 bits per heavy atom. The molecule has 0 saturated carbocycles. The van der Waals surface area contributed by atoms with Crippen LogP contribution in [0.5, 0.6) is 0 Å². The summed E-state index contributed by atoms with van der Waals surface area (Å²) in [4.78, 5) is 2.46. The van der Waals surface area contributed by atoms with Gasteiger partial charge >= 0.3 is 0 Å². The van der Waals surface area contributed by atoms with Crippen molar-refractivity contribution >= 4 is 11.8 Å². The van der Waals surface area contributed by atoms with Crippen LogP contribution in [0.4, 0.5) is 5.69 Å². The highest BCUT2D eigenvalue weighted by atomic mass is 16.2. The first-order valence-corrected chi connectivity index (χ1v) is 13.8. The van der Waals surface area contributed by atoms with Gasteiger partial charge in [-0.25, -0.2) is 0 Å². The predicted octanol–water partition coefficient (Wildman–Crippen LogP) is 10.2. The maximum Gasteiger partial charge on any atom is 0.0797 e. The van der Waals surface area contributed by atoms with Gasteiger partial charge in [0.2, 0.25) is 0 Å². The molecule has 37 heavy (non-hydrogen) atoms. The van der Waals surface area contributed by atoms with E-state index in [-0.39, 0.29) is 0 Å². The monoisotopic (exact) mass is 513 g/mol. The molecular weight excluding hydrogens is 454 g/mol. The molecule has 212 valence electrons. The van der Waals surface area contributed by atoms with Crippen molar-refractivity contribution in [3.63, 3.8) is 0 Å². The molecule has 3 heteroatoms. The highest BCUT2D eigenvalue weighted by molar-refractivity contribution is 5.64. The Hall–Kier alpha value is -2.52. The van der Waals surface area contributed by atoms with Crippen LogP contribution >= 0.6 is 0 Å². The molecule has 3 nitrogen and oxygen atoms in total. The van der Waals surface area contributed by atoms with Gasteiger partial charge in [0.1, 0.15) is 0 Å². The van der Waals surface area contributed by atoms with Crippen LogP contribution in [0.2, 0.25) is 0 Å². The molecule has 0 aliphatic heterocycles. The molecule has 0 unspecified atom stereocenters. The van der Waals surface area contributed by atoms with Crippen molar-refractivity contribution < 1.29 is 10.2 Å². The fourth-order valence-corrected chi connectivity index (χ4v) is 4.01. The van der Waals surface area contributed by atoms with Gasteiger partial charge in [-0.15, -0.1) is 0 Å². The van der Waals surface area contributed by atoms with Crippen molar-refractivity contribution in [2.75, 3.05) is 12.0 Å². The van der Waals surface area contributed by atoms with Gasteiger partial charge in [-0.3, -0.25) is 0 Å². The maximum absolute atomic E-state index is 8.70. The van der Waals surface area contributed by atoms with E-state index >= 15 is 0 Å². The van der Waals surface area contributed by atoms with Crippen molar-refractivity contribution in [1.29, 1.82) is 0 Å². The third kappa shape index (κ3) is 14.7. The first-order chi connectivity index (χ1) is 17.5. The summed E-state index contributed by atoms with van der Waals surface area (Å²) in [5.74, 6) is 0.647. The molecule has 2 aromatic carbocycles. The lowest BCUT2D eigenvalue weighted by Crippen LogP contribution is -2.30. The Bertz CT molecular complexity index is 881. The quantitative estimate of drug-likeness (QED) is 0.378. The van der Waals surface area contributed by atoms with Crippen molar-refractivity contribution in [2.45, 2.75) is 109 Å². The van der Waals surface area contributed by atoms with E-state index in [4.69, 9.17) is 10.2 Å². The van der Waals surface area contributed by atoms with E-state index in [1.807, 2.05) is 45.9 Å². The van der Waals surface area contributed by atoms with Crippen LogP contribution < -0.4 is 4.90 Å². The third-order valence-electron chi connectivity index (χ3n) is 5.42. The number of aliphatic hydroxyl groups is 2. The number of allylic oxidation sites excluding steroid dienone is 2. The van der Waals surface area contributed by atoms with Gasteiger partial charge in [-0.05, 0) is 96.1 Å². The van der Waals surface area contributed by atoms with Crippen molar-refractivity contribution in [2.24, 2.45) is 5.92 Å². The van der Waals surface area contributed by atoms with Gasteiger partial charge in [-0.2, -0.15) is 0 Å². The molecule has 0 atom stereocenters. The van der Waals surface area contributed by atoms with E-state index < -0.39 is 0 Å². The van der Waals surface area contributed by atoms with E-state index in [2.05, 4.69) is 92.3 Å². The van der Waals surface area contributed by atoms with Crippen LogP contribution in [0, 0.1) is 26.7 Å². The summed E-state index contributed by atoms with van der Waals surface area (Å²) in [7, 11) is 1.00. The Labute approximate surface area is 231 Å². The second-order valence-corrected chi connectivity index (χ2v) is 9.41. The smallest absolute Gasteiger partial charge is 0.0797 e. The fourth-order valence-electron chi connectivity index (χ4n) is 4.01. The summed E-state index contributed by atoms with van der Waals surface area (Å²) in [5.41, 5.74) is 10.6. The topological polar surface area (TPSA) is 43.7 Å². The zero-order valence-electron chi connectivity index (χ0n) is 26.8. The highest BCUT2D eigenvalue weighted by Crippen LogP contribution is 2.31. The number of hydrogen-bond acceptors (Lipinski definition) is 3. The number of aliphatic hydroxyl groups excluding tert-OH is 2. The first kappa shape index (κ1) is 39.0. The number of rotatable bonds is 6. The number of nitrogens with zero attached hydrogens (tertiary/aromatic N) is 1. The van der Waals surface area contributed by atoms with E-state index in [9.17, 15) is 0 Å².